The molecule has 2 aromatic rings. The maximum absolute atomic E-state index is 12.2. The summed E-state index contributed by atoms with van der Waals surface area (Å²) in [6.07, 6.45) is 0. The maximum Gasteiger partial charge on any atom is 0.337 e. The van der Waals surface area contributed by atoms with Gasteiger partial charge in [0, 0.05) is 5.02 Å². The van der Waals surface area contributed by atoms with Crippen molar-refractivity contribution >= 4 is 64.0 Å². The number of benzene rings is 2. The van der Waals surface area contributed by atoms with Crippen LogP contribution in [0.25, 0.3) is 0 Å². The second-order valence-corrected chi connectivity index (χ2v) is 5.85. The van der Waals surface area contributed by atoms with E-state index in [0.717, 1.165) is 0 Å². The number of rotatable bonds is 3. The van der Waals surface area contributed by atoms with E-state index < -0.39 is 11.9 Å². The van der Waals surface area contributed by atoms with Gasteiger partial charge in [-0.2, -0.15) is 0 Å². The topological polar surface area (TPSA) is 66.4 Å². The van der Waals surface area contributed by atoms with E-state index in [9.17, 15) is 9.59 Å². The zero-order chi connectivity index (χ0) is 16.4. The molecule has 0 saturated carbocycles. The minimum atomic E-state index is -1.23. The summed E-state index contributed by atoms with van der Waals surface area (Å²) in [4.78, 5) is 23.2. The molecule has 0 fully saturated rings. The molecule has 2 N–H and O–H groups in total. The quantitative estimate of drug-likeness (QED) is 0.766. The third-order valence-corrected chi connectivity index (χ3v) is 3.88. The number of amides is 1. The van der Waals surface area contributed by atoms with E-state index >= 15 is 0 Å². The Morgan fingerprint density at radius 1 is 0.864 bits per heavy atom. The molecule has 0 aromatic heterocycles. The van der Waals surface area contributed by atoms with Crippen LogP contribution in [0.2, 0.25) is 20.1 Å². The van der Waals surface area contributed by atoms with Gasteiger partial charge in [-0.3, -0.25) is 4.79 Å². The van der Waals surface area contributed by atoms with Crippen LogP contribution in [0.3, 0.4) is 0 Å². The summed E-state index contributed by atoms with van der Waals surface area (Å²) >= 11 is 23.4. The first-order chi connectivity index (χ1) is 10.3. The highest BCUT2D eigenvalue weighted by molar-refractivity contribution is 6.39. The van der Waals surface area contributed by atoms with Gasteiger partial charge in [0.15, 0.2) is 0 Å². The number of carbonyl (C=O) groups is 2. The number of hydrogen-bond acceptors (Lipinski definition) is 2. The fourth-order valence-electron chi connectivity index (χ4n) is 1.67. The predicted molar refractivity (Wildman–Crippen MR) is 87.8 cm³/mol. The van der Waals surface area contributed by atoms with Crippen molar-refractivity contribution in [3.63, 3.8) is 0 Å². The van der Waals surface area contributed by atoms with Gasteiger partial charge in [0.2, 0.25) is 0 Å². The Morgan fingerprint density at radius 3 is 2.09 bits per heavy atom. The third kappa shape index (κ3) is 3.65. The standard InChI is InChI=1S/C14H7Cl4NO3/c15-6-1-2-7(9(16)3-6)13(20)19-12-4-8(14(21)22)10(17)5-11(12)18/h1-5H,(H,19,20)(H,21,22). The van der Waals surface area contributed by atoms with Crippen LogP contribution in [0.4, 0.5) is 5.69 Å². The van der Waals surface area contributed by atoms with Crippen LogP contribution >= 0.6 is 46.4 Å². The number of halogens is 4. The van der Waals surface area contributed by atoms with Crippen molar-refractivity contribution in [3.8, 4) is 0 Å². The van der Waals surface area contributed by atoms with E-state index in [0.29, 0.717) is 5.02 Å². The highest BCUT2D eigenvalue weighted by Gasteiger charge is 2.16. The molecule has 1 amide bonds. The van der Waals surface area contributed by atoms with Crippen LogP contribution in [-0.2, 0) is 0 Å². The average molecular weight is 379 g/mol. The first-order valence-electron chi connectivity index (χ1n) is 5.78. The molecule has 0 aliphatic carbocycles. The molecule has 0 aliphatic heterocycles. The molecule has 0 atom stereocenters. The fraction of sp³-hybridized carbons (Fsp3) is 0. The minimum absolute atomic E-state index is 0.0278. The smallest absolute Gasteiger partial charge is 0.337 e. The van der Waals surface area contributed by atoms with Crippen LogP contribution in [0.1, 0.15) is 20.7 Å². The van der Waals surface area contributed by atoms with Crippen molar-refractivity contribution < 1.29 is 14.7 Å². The molecule has 114 valence electrons. The molecule has 0 unspecified atom stereocenters. The van der Waals surface area contributed by atoms with Gasteiger partial charge in [-0.05, 0) is 30.3 Å². The molecule has 0 spiro atoms. The molecule has 0 bridgehead atoms. The van der Waals surface area contributed by atoms with Gasteiger partial charge in [-0.1, -0.05) is 46.4 Å². The van der Waals surface area contributed by atoms with Crippen molar-refractivity contribution in [2.75, 3.05) is 5.32 Å². The fourth-order valence-corrected chi connectivity index (χ4v) is 2.68. The highest BCUT2D eigenvalue weighted by atomic mass is 35.5. The summed E-state index contributed by atoms with van der Waals surface area (Å²) < 4.78 is 0. The maximum atomic E-state index is 12.2. The number of carboxylic acid groups (broad SMARTS) is 1. The highest BCUT2D eigenvalue weighted by Crippen LogP contribution is 2.30. The third-order valence-electron chi connectivity index (χ3n) is 2.71. The summed E-state index contributed by atoms with van der Waals surface area (Å²) in [5.74, 6) is -1.79. The van der Waals surface area contributed by atoms with E-state index in [1.54, 1.807) is 0 Å². The Bertz CT molecular complexity index is 777. The summed E-state index contributed by atoms with van der Waals surface area (Å²) in [6, 6.07) is 6.79. The van der Waals surface area contributed by atoms with Crippen molar-refractivity contribution in [1.82, 2.24) is 0 Å². The summed E-state index contributed by atoms with van der Waals surface area (Å²) in [5, 5.41) is 12.1. The molecule has 4 nitrogen and oxygen atoms in total. The van der Waals surface area contributed by atoms with Crippen molar-refractivity contribution in [2.45, 2.75) is 0 Å². The second-order valence-electron chi connectivity index (χ2n) is 4.20. The number of aromatic carboxylic acids is 1. The first kappa shape index (κ1) is 16.9. The van der Waals surface area contributed by atoms with Gasteiger partial charge in [0.05, 0.1) is 31.9 Å². The lowest BCUT2D eigenvalue weighted by Crippen LogP contribution is -2.13. The molecule has 2 aromatic carbocycles. The Labute approximate surface area is 145 Å². The largest absolute Gasteiger partial charge is 0.478 e. The number of carbonyl (C=O) groups excluding carboxylic acids is 1. The average Bonchev–Trinajstić information content (AvgIpc) is 2.41. The Kier molecular flexibility index (Phi) is 5.19. The molecule has 22 heavy (non-hydrogen) atoms. The molecule has 0 saturated heterocycles. The minimum Gasteiger partial charge on any atom is -0.478 e. The Balaban J connectivity index is 2.36. The van der Waals surface area contributed by atoms with E-state index in [2.05, 4.69) is 5.32 Å². The molecular weight excluding hydrogens is 372 g/mol. The van der Waals surface area contributed by atoms with Gasteiger partial charge < -0.3 is 10.4 Å². The molecule has 0 aliphatic rings. The predicted octanol–water partition coefficient (Wildman–Crippen LogP) is 5.25. The van der Waals surface area contributed by atoms with Crippen molar-refractivity contribution in [3.05, 3.63) is 61.5 Å². The zero-order valence-electron chi connectivity index (χ0n) is 10.7. The molecule has 0 heterocycles. The summed E-state index contributed by atoms with van der Waals surface area (Å²) in [6.45, 7) is 0. The number of carboxylic acids is 1. The monoisotopic (exact) mass is 377 g/mol. The Hall–Kier alpha value is -1.46. The SMILES string of the molecule is O=C(O)c1cc(NC(=O)c2ccc(Cl)cc2Cl)c(Cl)cc1Cl. The van der Waals surface area contributed by atoms with Gasteiger partial charge in [-0.15, -0.1) is 0 Å². The Morgan fingerprint density at radius 2 is 1.50 bits per heavy atom. The van der Waals surface area contributed by atoms with Crippen LogP contribution in [0, 0.1) is 0 Å². The van der Waals surface area contributed by atoms with Crippen LogP contribution in [0.15, 0.2) is 30.3 Å². The van der Waals surface area contributed by atoms with Crippen LogP contribution in [0.5, 0.6) is 0 Å². The van der Waals surface area contributed by atoms with Crippen molar-refractivity contribution in [2.24, 2.45) is 0 Å². The van der Waals surface area contributed by atoms with Gasteiger partial charge >= 0.3 is 5.97 Å². The van der Waals surface area contributed by atoms with Gasteiger partial charge in [-0.25, -0.2) is 4.79 Å². The van der Waals surface area contributed by atoms with Gasteiger partial charge in [0.25, 0.3) is 5.91 Å². The first-order valence-corrected chi connectivity index (χ1v) is 7.29. The van der Waals surface area contributed by atoms with Crippen molar-refractivity contribution in [1.29, 1.82) is 0 Å². The lowest BCUT2D eigenvalue weighted by molar-refractivity contribution is 0.0696. The van der Waals surface area contributed by atoms with E-state index in [4.69, 9.17) is 51.5 Å². The van der Waals surface area contributed by atoms with E-state index in [-0.39, 0.29) is 31.9 Å². The lowest BCUT2D eigenvalue weighted by Gasteiger charge is -2.10. The normalized spacial score (nSPS) is 10.4. The van der Waals surface area contributed by atoms with E-state index in [1.165, 1.54) is 30.3 Å². The zero-order valence-corrected chi connectivity index (χ0v) is 13.7. The van der Waals surface area contributed by atoms with Gasteiger partial charge in [0.1, 0.15) is 0 Å². The number of hydrogen-bond donors (Lipinski definition) is 2. The molecular formula is C14H7Cl4NO3. The molecule has 8 heteroatoms. The van der Waals surface area contributed by atoms with Crippen LogP contribution < -0.4 is 5.32 Å². The number of nitrogens with one attached hydrogen (secondary N) is 1. The van der Waals surface area contributed by atoms with E-state index in [1.807, 2.05) is 0 Å². The molecule has 0 radical (unpaired) electrons. The lowest BCUT2D eigenvalue weighted by atomic mass is 10.1. The summed E-state index contributed by atoms with van der Waals surface area (Å²) in [7, 11) is 0. The number of anilines is 1. The summed E-state index contributed by atoms with van der Waals surface area (Å²) in [5.41, 5.74) is 0.108. The van der Waals surface area contributed by atoms with Crippen LogP contribution in [-0.4, -0.2) is 17.0 Å². The molecule has 2 rings (SSSR count). The second kappa shape index (κ2) is 6.75.